The lowest BCUT2D eigenvalue weighted by atomic mass is 10.1. The van der Waals surface area contributed by atoms with Crippen molar-refractivity contribution in [3.05, 3.63) is 54.4 Å². The molecule has 2 aliphatic rings. The van der Waals surface area contributed by atoms with Crippen LogP contribution in [0.2, 0.25) is 0 Å². The van der Waals surface area contributed by atoms with Crippen molar-refractivity contribution in [3.63, 3.8) is 0 Å². The molecule has 1 unspecified atom stereocenters. The number of benzene rings is 2. The summed E-state index contributed by atoms with van der Waals surface area (Å²) in [5.74, 6) is 1.92. The molecule has 5 rings (SSSR count). The predicted octanol–water partition coefficient (Wildman–Crippen LogP) is 3.26. The highest BCUT2D eigenvalue weighted by atomic mass is 32.2. The van der Waals surface area contributed by atoms with E-state index in [2.05, 4.69) is 11.8 Å². The summed E-state index contributed by atoms with van der Waals surface area (Å²) in [6, 6.07) is 14.3. The van der Waals surface area contributed by atoms with Crippen LogP contribution < -0.4 is 9.47 Å². The van der Waals surface area contributed by atoms with Crippen LogP contribution in [0.1, 0.15) is 31.6 Å². The third kappa shape index (κ3) is 5.17. The molecule has 2 saturated heterocycles. The monoisotopic (exact) mass is 512 g/mol. The van der Waals surface area contributed by atoms with Crippen LogP contribution in [0.5, 0.6) is 11.6 Å². The van der Waals surface area contributed by atoms with Crippen LogP contribution in [0.15, 0.2) is 53.4 Å². The third-order valence-corrected chi connectivity index (χ3v) is 8.84. The van der Waals surface area contributed by atoms with Crippen molar-refractivity contribution in [2.75, 3.05) is 46.5 Å². The lowest BCUT2D eigenvalue weighted by molar-refractivity contribution is 0.0241. The molecule has 3 aromatic rings. The number of nitrogens with zero attached hydrogens (tertiary/aromatic N) is 4. The Labute approximate surface area is 212 Å². The van der Waals surface area contributed by atoms with E-state index in [1.54, 1.807) is 35.7 Å². The number of methoxy groups -OCH3 is 1. The number of hydrogen-bond acceptors (Lipinski definition) is 8. The lowest BCUT2D eigenvalue weighted by Gasteiger charge is -2.37. The van der Waals surface area contributed by atoms with Crippen LogP contribution >= 0.6 is 0 Å². The van der Waals surface area contributed by atoms with Crippen LogP contribution in [0.3, 0.4) is 0 Å². The molecule has 1 aromatic heterocycles. The molecule has 36 heavy (non-hydrogen) atoms. The van der Waals surface area contributed by atoms with Crippen molar-refractivity contribution in [1.82, 2.24) is 19.2 Å². The Morgan fingerprint density at radius 1 is 0.972 bits per heavy atom. The largest absolute Gasteiger partial charge is 0.497 e. The van der Waals surface area contributed by atoms with Crippen molar-refractivity contribution in [2.45, 2.75) is 36.8 Å². The van der Waals surface area contributed by atoms with Crippen LogP contribution in [-0.4, -0.2) is 80.2 Å². The van der Waals surface area contributed by atoms with E-state index in [4.69, 9.17) is 24.2 Å². The van der Waals surface area contributed by atoms with E-state index < -0.39 is 10.0 Å². The Morgan fingerprint density at radius 3 is 2.36 bits per heavy atom. The summed E-state index contributed by atoms with van der Waals surface area (Å²) >= 11 is 0. The summed E-state index contributed by atoms with van der Waals surface area (Å²) in [5.41, 5.74) is 0.845. The van der Waals surface area contributed by atoms with Gasteiger partial charge in [0.15, 0.2) is 0 Å². The normalized spacial score (nSPS) is 19.3. The highest BCUT2D eigenvalue weighted by Gasteiger charge is 2.31. The van der Waals surface area contributed by atoms with E-state index in [9.17, 15) is 8.42 Å². The van der Waals surface area contributed by atoms with E-state index in [0.29, 0.717) is 56.8 Å². The van der Waals surface area contributed by atoms with E-state index in [-0.39, 0.29) is 17.0 Å². The second-order valence-electron chi connectivity index (χ2n) is 9.13. The molecule has 1 atom stereocenters. The molecule has 0 bridgehead atoms. The van der Waals surface area contributed by atoms with Gasteiger partial charge >= 0.3 is 0 Å². The topological polar surface area (TPSA) is 94.1 Å². The van der Waals surface area contributed by atoms with Crippen LogP contribution in [0.25, 0.3) is 10.9 Å². The first-order chi connectivity index (χ1) is 17.5. The fourth-order valence-corrected chi connectivity index (χ4v) is 6.11. The van der Waals surface area contributed by atoms with Gasteiger partial charge in [-0.1, -0.05) is 12.1 Å². The van der Waals surface area contributed by atoms with Gasteiger partial charge in [-0.15, -0.1) is 0 Å². The van der Waals surface area contributed by atoms with Crippen molar-refractivity contribution in [2.24, 2.45) is 0 Å². The maximum Gasteiger partial charge on any atom is 0.243 e. The Balaban J connectivity index is 1.31. The highest BCUT2D eigenvalue weighted by molar-refractivity contribution is 7.89. The number of hydrogen-bond donors (Lipinski definition) is 0. The molecule has 2 aliphatic heterocycles. The minimum Gasteiger partial charge on any atom is -0.497 e. The summed E-state index contributed by atoms with van der Waals surface area (Å²) in [6.07, 6.45) is 1.76. The predicted molar refractivity (Wildman–Crippen MR) is 136 cm³/mol. The second-order valence-corrected chi connectivity index (χ2v) is 11.1. The Kier molecular flexibility index (Phi) is 7.38. The average Bonchev–Trinajstić information content (AvgIpc) is 2.93. The van der Waals surface area contributed by atoms with Gasteiger partial charge in [0, 0.05) is 39.0 Å². The van der Waals surface area contributed by atoms with Crippen LogP contribution in [0.4, 0.5) is 0 Å². The molecule has 2 aromatic carbocycles. The molecule has 9 nitrogen and oxygen atoms in total. The van der Waals surface area contributed by atoms with Gasteiger partial charge in [-0.2, -0.15) is 9.29 Å². The molecule has 0 radical (unpaired) electrons. The number of fused-ring (bicyclic) bond motifs is 1. The minimum atomic E-state index is -3.56. The molecular weight excluding hydrogens is 480 g/mol. The first-order valence-corrected chi connectivity index (χ1v) is 13.8. The molecule has 0 spiro atoms. The van der Waals surface area contributed by atoms with Gasteiger partial charge in [-0.3, -0.25) is 4.90 Å². The van der Waals surface area contributed by atoms with Gasteiger partial charge in [-0.25, -0.2) is 13.4 Å². The molecule has 3 heterocycles. The number of aromatic nitrogens is 2. The van der Waals surface area contributed by atoms with Gasteiger partial charge < -0.3 is 14.2 Å². The van der Waals surface area contributed by atoms with Gasteiger partial charge in [0.2, 0.25) is 15.9 Å². The number of ether oxygens (including phenoxy) is 3. The molecule has 0 saturated carbocycles. The fourth-order valence-electron chi connectivity index (χ4n) is 4.68. The molecule has 2 fully saturated rings. The quantitative estimate of drug-likeness (QED) is 0.476. The SMILES string of the molecule is COc1ccc(S(=O)(=O)N2CCN(C(C)c3nc(OC4CCOCC4)c4ccccc4n3)CC2)cc1. The minimum absolute atomic E-state index is 0.0759. The number of piperazine rings is 1. The molecule has 0 amide bonds. The molecule has 0 N–H and O–H groups in total. The summed E-state index contributed by atoms with van der Waals surface area (Å²) in [4.78, 5) is 12.2. The number of rotatable bonds is 7. The van der Waals surface area contributed by atoms with Crippen LogP contribution in [-0.2, 0) is 14.8 Å². The maximum atomic E-state index is 13.1. The number of sulfonamides is 1. The lowest BCUT2D eigenvalue weighted by Crippen LogP contribution is -2.49. The molecular formula is C26H32N4O5S. The second kappa shape index (κ2) is 10.7. The molecule has 10 heteroatoms. The average molecular weight is 513 g/mol. The zero-order chi connectivity index (χ0) is 25.1. The number of para-hydroxylation sites is 1. The standard InChI is InChI=1S/C26H32N4O5S/c1-19(29-13-15-30(16-14-29)36(31,32)22-9-7-20(33-2)8-10-22)25-27-24-6-4-3-5-23(24)26(28-25)35-21-11-17-34-18-12-21/h3-10,19,21H,11-18H2,1-2H3. The summed E-state index contributed by atoms with van der Waals surface area (Å²) in [6.45, 7) is 5.43. The zero-order valence-corrected chi connectivity index (χ0v) is 21.5. The van der Waals surface area contributed by atoms with Crippen LogP contribution in [0, 0.1) is 0 Å². The van der Waals surface area contributed by atoms with Gasteiger partial charge in [0.05, 0.1) is 42.2 Å². The Morgan fingerprint density at radius 2 is 1.67 bits per heavy atom. The smallest absolute Gasteiger partial charge is 0.243 e. The van der Waals surface area contributed by atoms with E-state index in [1.165, 1.54) is 0 Å². The van der Waals surface area contributed by atoms with Gasteiger partial charge in [0.1, 0.15) is 17.7 Å². The molecule has 192 valence electrons. The van der Waals surface area contributed by atoms with E-state index >= 15 is 0 Å². The zero-order valence-electron chi connectivity index (χ0n) is 20.7. The van der Waals surface area contributed by atoms with Crippen molar-refractivity contribution in [3.8, 4) is 11.6 Å². The van der Waals surface area contributed by atoms with Crippen molar-refractivity contribution in [1.29, 1.82) is 0 Å². The van der Waals surface area contributed by atoms with E-state index in [0.717, 1.165) is 23.7 Å². The maximum absolute atomic E-state index is 13.1. The Bertz CT molecular complexity index is 1290. The summed E-state index contributed by atoms with van der Waals surface area (Å²) in [5, 5.41) is 0.898. The van der Waals surface area contributed by atoms with Gasteiger partial charge in [0.25, 0.3) is 0 Å². The first-order valence-electron chi connectivity index (χ1n) is 12.3. The Hall–Kier alpha value is -2.79. The van der Waals surface area contributed by atoms with Gasteiger partial charge in [-0.05, 0) is 43.3 Å². The summed E-state index contributed by atoms with van der Waals surface area (Å²) in [7, 11) is -2.00. The molecule has 0 aliphatic carbocycles. The van der Waals surface area contributed by atoms with Crippen molar-refractivity contribution < 1.29 is 22.6 Å². The third-order valence-electron chi connectivity index (χ3n) is 6.92. The first kappa shape index (κ1) is 24.9. The summed E-state index contributed by atoms with van der Waals surface area (Å²) < 4.78 is 44.7. The van der Waals surface area contributed by atoms with E-state index in [1.807, 2.05) is 24.3 Å². The van der Waals surface area contributed by atoms with Crippen molar-refractivity contribution >= 4 is 20.9 Å². The fraction of sp³-hybridized carbons (Fsp3) is 0.462. The highest BCUT2D eigenvalue weighted by Crippen LogP contribution is 2.29.